The second-order valence-electron chi connectivity index (χ2n) is 6.90. The maximum Gasteiger partial charge on any atom is 0.0832 e. The van der Waals surface area contributed by atoms with Crippen LogP contribution in [0.3, 0.4) is 0 Å². The molecule has 0 saturated carbocycles. The van der Waals surface area contributed by atoms with E-state index in [2.05, 4.69) is 57.6 Å². The Morgan fingerprint density at radius 2 is 1.96 bits per heavy atom. The fraction of sp³-hybridized carbons (Fsp3) is 0.333. The van der Waals surface area contributed by atoms with Crippen molar-refractivity contribution in [2.24, 2.45) is 0 Å². The van der Waals surface area contributed by atoms with Crippen molar-refractivity contribution in [2.75, 3.05) is 18.0 Å². The molecule has 0 radical (unpaired) electrons. The van der Waals surface area contributed by atoms with Gasteiger partial charge in [0.25, 0.3) is 0 Å². The molecule has 3 aromatic rings. The van der Waals surface area contributed by atoms with E-state index >= 15 is 0 Å². The van der Waals surface area contributed by atoms with Crippen LogP contribution in [0.5, 0.6) is 0 Å². The van der Waals surface area contributed by atoms with Crippen LogP contribution in [0.25, 0.3) is 5.69 Å². The Kier molecular flexibility index (Phi) is 4.97. The molecule has 5 nitrogen and oxygen atoms in total. The lowest BCUT2D eigenvalue weighted by Gasteiger charge is -2.27. The molecular weight excluding hydrogens is 322 g/mol. The molecule has 5 heteroatoms. The zero-order valence-electron chi connectivity index (χ0n) is 15.2. The Morgan fingerprint density at radius 3 is 2.77 bits per heavy atom. The van der Waals surface area contributed by atoms with Crippen LogP contribution in [-0.2, 0) is 6.54 Å². The largest absolute Gasteiger partial charge is 0.367 e. The van der Waals surface area contributed by atoms with Crippen LogP contribution in [0, 0.1) is 6.92 Å². The molecule has 1 unspecified atom stereocenters. The number of pyridine rings is 1. The lowest BCUT2D eigenvalue weighted by atomic mass is 10.2. The number of aryl methyl sites for hydroxylation is 1. The van der Waals surface area contributed by atoms with Gasteiger partial charge in [-0.3, -0.25) is 4.98 Å². The molecule has 26 heavy (non-hydrogen) atoms. The molecule has 134 valence electrons. The summed E-state index contributed by atoms with van der Waals surface area (Å²) in [4.78, 5) is 6.72. The van der Waals surface area contributed by atoms with E-state index in [0.29, 0.717) is 6.04 Å². The summed E-state index contributed by atoms with van der Waals surface area (Å²) in [6.07, 6.45) is 7.96. The van der Waals surface area contributed by atoms with Gasteiger partial charge in [0.1, 0.15) is 0 Å². The number of nitrogens with one attached hydrogen (secondary N) is 1. The first kappa shape index (κ1) is 16.8. The summed E-state index contributed by atoms with van der Waals surface area (Å²) in [5.74, 6) is 0. The van der Waals surface area contributed by atoms with Crippen molar-refractivity contribution in [3.05, 3.63) is 72.3 Å². The van der Waals surface area contributed by atoms with Crippen LogP contribution in [0.15, 0.2) is 61.1 Å². The van der Waals surface area contributed by atoms with E-state index in [1.165, 1.54) is 24.1 Å². The number of benzene rings is 1. The topological polar surface area (TPSA) is 46.0 Å². The molecule has 1 atom stereocenters. The molecule has 0 amide bonds. The summed E-state index contributed by atoms with van der Waals surface area (Å²) in [5, 5.41) is 8.06. The first-order valence-electron chi connectivity index (χ1n) is 9.28. The molecule has 3 heterocycles. The SMILES string of the molecule is Cc1ccc(N2CCCC2CNCc2ccnn2-c2cccnc2)cc1. The first-order chi connectivity index (χ1) is 12.8. The predicted octanol–water partition coefficient (Wildman–Crippen LogP) is 3.33. The lowest BCUT2D eigenvalue weighted by molar-refractivity contribution is 0.562. The van der Waals surface area contributed by atoms with Crippen molar-refractivity contribution in [2.45, 2.75) is 32.4 Å². The van der Waals surface area contributed by atoms with Gasteiger partial charge in [-0.15, -0.1) is 0 Å². The van der Waals surface area contributed by atoms with Crippen molar-refractivity contribution < 1.29 is 0 Å². The van der Waals surface area contributed by atoms with Crippen LogP contribution in [0.4, 0.5) is 5.69 Å². The summed E-state index contributed by atoms with van der Waals surface area (Å²) < 4.78 is 1.95. The van der Waals surface area contributed by atoms with Gasteiger partial charge in [-0.1, -0.05) is 17.7 Å². The predicted molar refractivity (Wildman–Crippen MR) is 105 cm³/mol. The molecule has 1 fully saturated rings. The van der Waals surface area contributed by atoms with Crippen molar-refractivity contribution in [1.82, 2.24) is 20.1 Å². The molecule has 1 aliphatic rings. The minimum atomic E-state index is 0.549. The minimum absolute atomic E-state index is 0.549. The van der Waals surface area contributed by atoms with Crippen molar-refractivity contribution in [3.63, 3.8) is 0 Å². The fourth-order valence-electron chi connectivity index (χ4n) is 3.67. The maximum absolute atomic E-state index is 4.43. The Bertz CT molecular complexity index is 825. The van der Waals surface area contributed by atoms with E-state index < -0.39 is 0 Å². The molecule has 0 aliphatic carbocycles. The Labute approximate surface area is 154 Å². The molecule has 1 saturated heterocycles. The van der Waals surface area contributed by atoms with Crippen LogP contribution in [0.2, 0.25) is 0 Å². The first-order valence-corrected chi connectivity index (χ1v) is 9.28. The molecule has 0 spiro atoms. The molecule has 2 aromatic heterocycles. The van der Waals surface area contributed by atoms with Crippen molar-refractivity contribution in [3.8, 4) is 5.69 Å². The average molecular weight is 347 g/mol. The second kappa shape index (κ2) is 7.70. The van der Waals surface area contributed by atoms with E-state index in [0.717, 1.165) is 31.0 Å². The van der Waals surface area contributed by atoms with Crippen LogP contribution in [-0.4, -0.2) is 33.9 Å². The van der Waals surface area contributed by atoms with E-state index in [1.54, 1.807) is 6.20 Å². The molecular formula is C21H25N5. The highest BCUT2D eigenvalue weighted by atomic mass is 15.3. The van der Waals surface area contributed by atoms with Crippen LogP contribution >= 0.6 is 0 Å². The van der Waals surface area contributed by atoms with E-state index in [-0.39, 0.29) is 0 Å². The molecule has 0 bridgehead atoms. The van der Waals surface area contributed by atoms with Crippen molar-refractivity contribution >= 4 is 5.69 Å². The van der Waals surface area contributed by atoms with Gasteiger partial charge in [0.2, 0.25) is 0 Å². The van der Waals surface area contributed by atoms with Crippen LogP contribution < -0.4 is 10.2 Å². The van der Waals surface area contributed by atoms with Gasteiger partial charge in [-0.2, -0.15) is 5.10 Å². The van der Waals surface area contributed by atoms with E-state index in [1.807, 2.05) is 29.2 Å². The zero-order valence-corrected chi connectivity index (χ0v) is 15.2. The molecule has 1 N–H and O–H groups in total. The quantitative estimate of drug-likeness (QED) is 0.743. The maximum atomic E-state index is 4.43. The summed E-state index contributed by atoms with van der Waals surface area (Å²) in [5.41, 5.74) is 4.79. The van der Waals surface area contributed by atoms with Gasteiger partial charge >= 0.3 is 0 Å². The highest BCUT2D eigenvalue weighted by molar-refractivity contribution is 5.49. The third-order valence-electron chi connectivity index (χ3n) is 5.04. The van der Waals surface area contributed by atoms with Gasteiger partial charge in [-0.25, -0.2) is 4.68 Å². The van der Waals surface area contributed by atoms with Gasteiger partial charge in [0, 0.05) is 43.8 Å². The average Bonchev–Trinajstić information content (AvgIpc) is 3.33. The highest BCUT2D eigenvalue weighted by Gasteiger charge is 2.24. The molecule has 4 rings (SSSR count). The lowest BCUT2D eigenvalue weighted by Crippen LogP contribution is -2.38. The van der Waals surface area contributed by atoms with Crippen molar-refractivity contribution in [1.29, 1.82) is 0 Å². The highest BCUT2D eigenvalue weighted by Crippen LogP contribution is 2.25. The molecule has 1 aliphatic heterocycles. The van der Waals surface area contributed by atoms with E-state index in [4.69, 9.17) is 0 Å². The third-order valence-corrected chi connectivity index (χ3v) is 5.04. The number of rotatable bonds is 6. The Morgan fingerprint density at radius 1 is 1.08 bits per heavy atom. The number of hydrogen-bond acceptors (Lipinski definition) is 4. The number of nitrogens with zero attached hydrogens (tertiary/aromatic N) is 4. The Hall–Kier alpha value is -2.66. The van der Waals surface area contributed by atoms with Gasteiger partial charge in [0.05, 0.1) is 17.6 Å². The third kappa shape index (κ3) is 3.63. The molecule has 1 aromatic carbocycles. The second-order valence-corrected chi connectivity index (χ2v) is 6.90. The van der Waals surface area contributed by atoms with Gasteiger partial charge in [0.15, 0.2) is 0 Å². The smallest absolute Gasteiger partial charge is 0.0832 e. The Balaban J connectivity index is 1.38. The fourth-order valence-corrected chi connectivity index (χ4v) is 3.67. The summed E-state index contributed by atoms with van der Waals surface area (Å²) >= 11 is 0. The normalized spacial score (nSPS) is 17.0. The standard InChI is InChI=1S/C21H25N5/c1-17-6-8-18(9-7-17)25-13-3-5-19(25)14-23-16-21-10-12-24-26(21)20-4-2-11-22-15-20/h2,4,6-12,15,19,23H,3,5,13-14,16H2,1H3. The summed E-state index contributed by atoms with van der Waals surface area (Å²) in [6, 6.07) is 15.5. The summed E-state index contributed by atoms with van der Waals surface area (Å²) in [6.45, 7) is 5.06. The monoisotopic (exact) mass is 347 g/mol. The van der Waals surface area contributed by atoms with E-state index in [9.17, 15) is 0 Å². The van der Waals surface area contributed by atoms with Gasteiger partial charge in [-0.05, 0) is 50.1 Å². The zero-order chi connectivity index (χ0) is 17.8. The summed E-state index contributed by atoms with van der Waals surface area (Å²) in [7, 11) is 0. The number of hydrogen-bond donors (Lipinski definition) is 1. The minimum Gasteiger partial charge on any atom is -0.367 e. The number of aromatic nitrogens is 3. The van der Waals surface area contributed by atoms with Crippen LogP contribution in [0.1, 0.15) is 24.1 Å². The van der Waals surface area contributed by atoms with Gasteiger partial charge < -0.3 is 10.2 Å². The number of anilines is 1.